The van der Waals surface area contributed by atoms with Crippen molar-refractivity contribution in [2.24, 2.45) is 0 Å². The van der Waals surface area contributed by atoms with Crippen LogP contribution in [0, 0.1) is 11.6 Å². The summed E-state index contributed by atoms with van der Waals surface area (Å²) < 4.78 is 27.9. The summed E-state index contributed by atoms with van der Waals surface area (Å²) in [5, 5.41) is 3.76. The highest BCUT2D eigenvalue weighted by atomic mass is 19.1. The van der Waals surface area contributed by atoms with E-state index in [4.69, 9.17) is 0 Å². The van der Waals surface area contributed by atoms with Crippen LogP contribution in [-0.4, -0.2) is 29.9 Å². The summed E-state index contributed by atoms with van der Waals surface area (Å²) in [6.45, 7) is 1.04. The van der Waals surface area contributed by atoms with E-state index in [2.05, 4.69) is 10.3 Å². The Morgan fingerprint density at radius 2 is 1.78 bits per heavy atom. The maximum absolute atomic E-state index is 13.9. The Labute approximate surface area is 155 Å². The number of carbonyl (C=O) groups excluding carboxylic acids is 2. The molecule has 2 N–H and O–H groups in total. The molecule has 7 heteroatoms. The average Bonchev–Trinajstić information content (AvgIpc) is 3.04. The zero-order valence-corrected chi connectivity index (χ0v) is 14.8. The summed E-state index contributed by atoms with van der Waals surface area (Å²) in [5.41, 5.74) is 1.54. The fourth-order valence-corrected chi connectivity index (χ4v) is 2.97. The van der Waals surface area contributed by atoms with Crippen LogP contribution in [0.15, 0.2) is 48.7 Å². The molecule has 0 fully saturated rings. The van der Waals surface area contributed by atoms with E-state index in [0.29, 0.717) is 13.0 Å². The van der Waals surface area contributed by atoms with Gasteiger partial charge in [-0.3, -0.25) is 14.5 Å². The zero-order chi connectivity index (χ0) is 19.4. The lowest BCUT2D eigenvalue weighted by Crippen LogP contribution is -2.41. The first-order valence-electron chi connectivity index (χ1n) is 8.51. The number of fused-ring (bicyclic) bond motifs is 1. The highest BCUT2D eigenvalue weighted by molar-refractivity contribution is 5.97. The van der Waals surface area contributed by atoms with Gasteiger partial charge in [0.2, 0.25) is 11.8 Å². The van der Waals surface area contributed by atoms with Crippen molar-refractivity contribution in [1.82, 2.24) is 10.3 Å². The van der Waals surface area contributed by atoms with Crippen molar-refractivity contribution in [1.29, 1.82) is 0 Å². The van der Waals surface area contributed by atoms with E-state index in [1.165, 1.54) is 6.07 Å². The van der Waals surface area contributed by atoms with Gasteiger partial charge in [0.05, 0.1) is 0 Å². The first-order chi connectivity index (χ1) is 13.0. The van der Waals surface area contributed by atoms with Crippen molar-refractivity contribution in [3.05, 3.63) is 65.9 Å². The third-order valence-corrected chi connectivity index (χ3v) is 4.28. The van der Waals surface area contributed by atoms with Crippen LogP contribution in [0.1, 0.15) is 12.5 Å². The van der Waals surface area contributed by atoms with E-state index < -0.39 is 35.7 Å². The van der Waals surface area contributed by atoms with Crippen molar-refractivity contribution in [3.63, 3.8) is 0 Å². The number of aromatic amines is 1. The minimum Gasteiger partial charge on any atom is -0.361 e. The Balaban J connectivity index is 1.63. The summed E-state index contributed by atoms with van der Waals surface area (Å²) in [7, 11) is 0. The number of anilines is 1. The average molecular weight is 371 g/mol. The molecule has 1 aromatic heterocycles. The smallest absolute Gasteiger partial charge is 0.240 e. The van der Waals surface area contributed by atoms with Crippen molar-refractivity contribution in [2.75, 3.05) is 18.0 Å². The first kappa shape index (κ1) is 18.6. The second-order valence-corrected chi connectivity index (χ2v) is 6.13. The zero-order valence-electron chi connectivity index (χ0n) is 14.8. The normalized spacial score (nSPS) is 10.8. The van der Waals surface area contributed by atoms with Crippen molar-refractivity contribution in [3.8, 4) is 0 Å². The highest BCUT2D eigenvalue weighted by Crippen LogP contribution is 2.23. The highest BCUT2D eigenvalue weighted by Gasteiger charge is 2.22. The Hall–Kier alpha value is -3.22. The van der Waals surface area contributed by atoms with E-state index in [-0.39, 0.29) is 0 Å². The largest absolute Gasteiger partial charge is 0.361 e. The number of nitrogens with zero attached hydrogens (tertiary/aromatic N) is 1. The molecular weight excluding hydrogens is 352 g/mol. The number of hydrogen-bond donors (Lipinski definition) is 2. The van der Waals surface area contributed by atoms with E-state index in [1.54, 1.807) is 0 Å². The van der Waals surface area contributed by atoms with Crippen LogP contribution in [0.4, 0.5) is 14.5 Å². The van der Waals surface area contributed by atoms with Crippen LogP contribution >= 0.6 is 0 Å². The maximum Gasteiger partial charge on any atom is 0.240 e. The van der Waals surface area contributed by atoms with Gasteiger partial charge in [-0.25, -0.2) is 8.78 Å². The summed E-state index contributed by atoms with van der Waals surface area (Å²) in [6, 6.07) is 11.1. The van der Waals surface area contributed by atoms with Crippen LogP contribution in [0.2, 0.25) is 0 Å². The number of hydrogen-bond acceptors (Lipinski definition) is 2. The second-order valence-electron chi connectivity index (χ2n) is 6.13. The molecule has 0 aliphatic rings. The Morgan fingerprint density at radius 1 is 1.07 bits per heavy atom. The molecule has 5 nitrogen and oxygen atoms in total. The molecule has 140 valence electrons. The fourth-order valence-electron chi connectivity index (χ4n) is 2.97. The van der Waals surface area contributed by atoms with E-state index >= 15 is 0 Å². The molecule has 1 heterocycles. The molecule has 3 rings (SSSR count). The summed E-state index contributed by atoms with van der Waals surface area (Å²) in [5.74, 6) is -2.90. The number of halogens is 2. The molecule has 0 atom stereocenters. The molecule has 0 aliphatic heterocycles. The summed E-state index contributed by atoms with van der Waals surface area (Å²) in [6.07, 6.45) is 2.47. The number of nitrogens with one attached hydrogen (secondary N) is 2. The number of aromatic nitrogens is 1. The van der Waals surface area contributed by atoms with Crippen LogP contribution in [-0.2, 0) is 16.0 Å². The molecule has 0 saturated heterocycles. The lowest BCUT2D eigenvalue weighted by atomic mass is 10.1. The summed E-state index contributed by atoms with van der Waals surface area (Å²) >= 11 is 0. The molecule has 0 spiro atoms. The number of H-pyrrole nitrogens is 1. The topological polar surface area (TPSA) is 65.2 Å². The number of amides is 2. The molecular formula is C20H19F2N3O2. The number of carbonyl (C=O) groups is 2. The van der Waals surface area contributed by atoms with Gasteiger partial charge in [0.25, 0.3) is 0 Å². The third kappa shape index (κ3) is 4.13. The molecule has 3 aromatic rings. The molecule has 0 saturated carbocycles. The summed E-state index contributed by atoms with van der Waals surface area (Å²) in [4.78, 5) is 27.9. The van der Waals surface area contributed by atoms with E-state index in [1.807, 2.05) is 30.5 Å². The van der Waals surface area contributed by atoms with Gasteiger partial charge >= 0.3 is 0 Å². The Morgan fingerprint density at radius 3 is 2.48 bits per heavy atom. The lowest BCUT2D eigenvalue weighted by Gasteiger charge is -2.21. The minimum atomic E-state index is -0.892. The van der Waals surface area contributed by atoms with Gasteiger partial charge < -0.3 is 10.3 Å². The maximum atomic E-state index is 13.9. The molecule has 2 aromatic carbocycles. The van der Waals surface area contributed by atoms with Gasteiger partial charge in [0, 0.05) is 30.6 Å². The van der Waals surface area contributed by atoms with Crippen LogP contribution < -0.4 is 10.2 Å². The van der Waals surface area contributed by atoms with Gasteiger partial charge in [-0.2, -0.15) is 0 Å². The quantitative estimate of drug-likeness (QED) is 0.699. The molecule has 27 heavy (non-hydrogen) atoms. The van der Waals surface area contributed by atoms with Crippen molar-refractivity contribution in [2.45, 2.75) is 13.3 Å². The Kier molecular flexibility index (Phi) is 5.49. The lowest BCUT2D eigenvalue weighted by molar-refractivity contribution is -0.123. The number of para-hydroxylation sites is 2. The van der Waals surface area contributed by atoms with E-state index in [9.17, 15) is 18.4 Å². The predicted octanol–water partition coefficient (Wildman–Crippen LogP) is 3.16. The predicted molar refractivity (Wildman–Crippen MR) is 99.4 cm³/mol. The van der Waals surface area contributed by atoms with Gasteiger partial charge in [0.15, 0.2) is 0 Å². The molecule has 0 bridgehead atoms. The molecule has 2 amide bonds. The molecule has 0 unspecified atom stereocenters. The number of rotatable bonds is 6. The Bertz CT molecular complexity index is 964. The van der Waals surface area contributed by atoms with Gasteiger partial charge in [-0.05, 0) is 30.2 Å². The van der Waals surface area contributed by atoms with Crippen molar-refractivity contribution >= 4 is 28.4 Å². The SMILES string of the molecule is CC(=O)N(CC(=O)NCCc1c[nH]c2ccccc12)c1c(F)cccc1F. The van der Waals surface area contributed by atoms with Gasteiger partial charge in [-0.15, -0.1) is 0 Å². The van der Waals surface area contributed by atoms with Crippen LogP contribution in [0.25, 0.3) is 10.9 Å². The van der Waals surface area contributed by atoms with Gasteiger partial charge in [-0.1, -0.05) is 24.3 Å². The standard InChI is InChI=1S/C20H19F2N3O2/c1-13(26)25(20-16(21)6-4-7-17(20)22)12-19(27)23-10-9-14-11-24-18-8-3-2-5-15(14)18/h2-8,11,24H,9-10,12H2,1H3,(H,23,27). The third-order valence-electron chi connectivity index (χ3n) is 4.28. The number of benzene rings is 2. The van der Waals surface area contributed by atoms with Crippen LogP contribution in [0.5, 0.6) is 0 Å². The van der Waals surface area contributed by atoms with E-state index in [0.717, 1.165) is 40.4 Å². The molecule has 0 aliphatic carbocycles. The first-order valence-corrected chi connectivity index (χ1v) is 8.51. The molecule has 0 radical (unpaired) electrons. The minimum absolute atomic E-state index is 0.339. The monoisotopic (exact) mass is 371 g/mol. The van der Waals surface area contributed by atoms with Crippen molar-refractivity contribution < 1.29 is 18.4 Å². The second kappa shape index (κ2) is 7.99. The van der Waals surface area contributed by atoms with Gasteiger partial charge in [0.1, 0.15) is 23.9 Å². The van der Waals surface area contributed by atoms with Crippen LogP contribution in [0.3, 0.4) is 0 Å². The fraction of sp³-hybridized carbons (Fsp3) is 0.200.